The Morgan fingerprint density at radius 3 is 1.31 bits per heavy atom. The molecule has 0 saturated carbocycles. The molecular formula is C87H97N5O19. The van der Waals surface area contributed by atoms with E-state index in [9.17, 15) is 49.2 Å². The lowest BCUT2D eigenvalue weighted by Gasteiger charge is -2.56. The summed E-state index contributed by atoms with van der Waals surface area (Å²) in [5.41, 5.74) is 8.88. The molecule has 7 aliphatic heterocycles. The molecule has 6 aromatic carbocycles. The van der Waals surface area contributed by atoms with Crippen molar-refractivity contribution < 1.29 is 92.6 Å². The Morgan fingerprint density at radius 1 is 0.505 bits per heavy atom. The average molecular weight is 1520 g/mol. The van der Waals surface area contributed by atoms with Crippen LogP contribution in [-0.4, -0.2) is 196 Å². The largest absolute Gasteiger partial charge is 0.504 e. The van der Waals surface area contributed by atoms with Gasteiger partial charge < -0.3 is 83.8 Å². The van der Waals surface area contributed by atoms with Crippen LogP contribution in [0.3, 0.4) is 0 Å². The molecule has 111 heavy (non-hydrogen) atoms. The zero-order valence-electron chi connectivity index (χ0n) is 63.4. The van der Waals surface area contributed by atoms with Crippen molar-refractivity contribution in [2.75, 3.05) is 64.6 Å². The first-order valence-electron chi connectivity index (χ1n) is 38.6. The molecule has 0 aromatic heterocycles. The molecule has 6 bridgehead atoms. The van der Waals surface area contributed by atoms with Crippen molar-refractivity contribution in [1.82, 2.24) is 14.7 Å². The fourth-order valence-corrected chi connectivity index (χ4v) is 19.8. The molecule has 4 saturated heterocycles. The summed E-state index contributed by atoms with van der Waals surface area (Å²) < 4.78 is 40.6. The van der Waals surface area contributed by atoms with Crippen molar-refractivity contribution in [1.29, 1.82) is 0 Å². The van der Waals surface area contributed by atoms with Crippen molar-refractivity contribution in [3.8, 4) is 34.5 Å². The Kier molecular flexibility index (Phi) is 20.9. The maximum atomic E-state index is 13.1. The Morgan fingerprint density at radius 2 is 0.901 bits per heavy atom. The Balaban J connectivity index is 0.000000119. The molecule has 7 heterocycles. The minimum Gasteiger partial charge on any atom is -0.504 e. The molecule has 24 nitrogen and oxygen atoms in total. The van der Waals surface area contributed by atoms with E-state index in [-0.39, 0.29) is 70.9 Å². The number of carboxylic acid groups (broad SMARTS) is 2. The molecule has 4 fully saturated rings. The fraction of sp³-hybridized carbons (Fsp3) is 0.448. The number of amides is 2. The van der Waals surface area contributed by atoms with Gasteiger partial charge in [0.15, 0.2) is 34.5 Å². The van der Waals surface area contributed by atoms with Crippen LogP contribution in [0.25, 0.3) is 0 Å². The summed E-state index contributed by atoms with van der Waals surface area (Å²) in [4.78, 5) is 77.7. The number of aliphatic hydroxyl groups excluding tert-OH is 3. The second-order valence-electron chi connectivity index (χ2n) is 32.6. The summed E-state index contributed by atoms with van der Waals surface area (Å²) in [6.07, 6.45) is 17.0. The minimum absolute atomic E-state index is 0.0672. The topological polar surface area (TPSA) is 322 Å². The van der Waals surface area contributed by atoms with Crippen molar-refractivity contribution in [3.63, 3.8) is 0 Å². The number of aryl methyl sites for hydroxylation is 1. The Bertz CT molecular complexity index is 4700. The zero-order chi connectivity index (χ0) is 78.2. The number of phenolic OH excluding ortho intramolecular Hbond substituents is 1. The number of likely N-dealkylation sites (tertiary alicyclic amines) is 3. The van der Waals surface area contributed by atoms with Gasteiger partial charge in [-0.05, 0) is 222 Å². The average Bonchev–Trinajstić information content (AvgIpc) is 1.57. The van der Waals surface area contributed by atoms with Gasteiger partial charge in [0.05, 0.1) is 16.7 Å². The van der Waals surface area contributed by atoms with Crippen LogP contribution in [0.1, 0.15) is 142 Å². The number of aliphatic hydroxyl groups is 3. The third kappa shape index (κ3) is 14.0. The second kappa shape index (κ2) is 30.3. The number of nitrogens with zero attached hydrogens (tertiary/aromatic N) is 3. The van der Waals surface area contributed by atoms with Gasteiger partial charge in [0.1, 0.15) is 42.2 Å². The first kappa shape index (κ1) is 76.4. The molecule has 13 aliphatic rings. The number of esters is 2. The van der Waals surface area contributed by atoms with Crippen molar-refractivity contribution in [3.05, 3.63) is 201 Å². The Labute approximate surface area is 644 Å². The summed E-state index contributed by atoms with van der Waals surface area (Å²) in [7, 11) is 6.53. The molecule has 3 spiro atoms. The van der Waals surface area contributed by atoms with Gasteiger partial charge in [0.2, 0.25) is 5.91 Å². The first-order chi connectivity index (χ1) is 53.2. The summed E-state index contributed by atoms with van der Waals surface area (Å²) in [6.45, 7) is 12.2. The van der Waals surface area contributed by atoms with E-state index in [1.165, 1.54) is 59.4 Å². The number of hydrogen-bond acceptors (Lipinski definition) is 20. The van der Waals surface area contributed by atoms with E-state index >= 15 is 0 Å². The van der Waals surface area contributed by atoms with E-state index in [0.29, 0.717) is 81.2 Å². The van der Waals surface area contributed by atoms with E-state index in [0.717, 1.165) is 88.1 Å². The first-order valence-corrected chi connectivity index (χ1v) is 38.6. The molecule has 19 rings (SSSR count). The van der Waals surface area contributed by atoms with Gasteiger partial charge >= 0.3 is 30.0 Å². The van der Waals surface area contributed by atoms with Gasteiger partial charge in [0.25, 0.3) is 0 Å². The fourth-order valence-electron chi connectivity index (χ4n) is 19.8. The standard InChI is InChI=1S/C29H30N2O7.C25H25NO4.C17H19NO3.C12H15NO4.C4H8O/c1-31-14-13-29-19-10-11-21(32)27(29)38-26-22(12-7-17(25(26)29)15-20(19)31)37-28(36)16-5-8-18(9-6-16)30-23(33)3-2-4-24(34)35;1-14-3-5-15(6-4-14)24(28)29-20-10-7-16-13-18-17-8-9-19(27)23-25(17,11-12-26(18)2)21(16)22(20)30-23;1-18-7-6-17-10-3-5-13(20)16(17)21-15-12(19)4-2-9(14(15)17)8-11(10)18;1-12(2,3)17-11(16)13-9-6-4-8(5-7-9)10(14)15;1-2-4-5-3-1/h5-12,19-21,27,32H,2-4,13-15H2,1H3,(H,30,33)(H,34,35);3-10,17-19,23,27H,11-13H2,1-2H3;2-5,10-11,13,16,19-20H,6-8H2,1H3;4-7H,1-3H3,(H,13,16)(H,14,15);1-4H2/t19-,20+,21-,27-,29-;17-,18+,19-,23-,25-;10-,11+,13-,16-,17-;;/m000../s1. The Hall–Kier alpha value is -9.92. The van der Waals surface area contributed by atoms with E-state index < -0.39 is 60.0 Å². The number of rotatable bonds is 11. The normalized spacial score (nSPS) is 29.4. The van der Waals surface area contributed by atoms with E-state index in [2.05, 4.69) is 70.8 Å². The number of phenols is 1. The van der Waals surface area contributed by atoms with Gasteiger partial charge in [-0.2, -0.15) is 0 Å². The molecule has 2 amide bonds. The van der Waals surface area contributed by atoms with Crippen LogP contribution in [0.5, 0.6) is 34.5 Å². The third-order valence-corrected chi connectivity index (χ3v) is 24.9. The molecule has 24 heteroatoms. The van der Waals surface area contributed by atoms with Crippen LogP contribution in [-0.2, 0) is 54.6 Å². The van der Waals surface area contributed by atoms with Gasteiger partial charge in [-0.15, -0.1) is 0 Å². The van der Waals surface area contributed by atoms with Crippen LogP contribution >= 0.6 is 0 Å². The summed E-state index contributed by atoms with van der Waals surface area (Å²) in [5, 5.41) is 64.9. The smallest absolute Gasteiger partial charge is 0.412 e. The van der Waals surface area contributed by atoms with E-state index in [1.807, 2.05) is 55.5 Å². The predicted molar refractivity (Wildman–Crippen MR) is 410 cm³/mol. The van der Waals surface area contributed by atoms with Gasteiger partial charge in [-0.3, -0.25) is 14.9 Å². The molecule has 0 radical (unpaired) electrons. The number of aliphatic carboxylic acids is 1. The number of carbonyl (C=O) groups is 6. The number of carbonyl (C=O) groups excluding carboxylic acids is 4. The highest BCUT2D eigenvalue weighted by Crippen LogP contribution is 2.66. The maximum Gasteiger partial charge on any atom is 0.412 e. The molecule has 584 valence electrons. The molecule has 0 unspecified atom stereocenters. The lowest BCUT2D eigenvalue weighted by atomic mass is 9.53. The van der Waals surface area contributed by atoms with Gasteiger partial charge in [0, 0.05) is 106 Å². The van der Waals surface area contributed by atoms with E-state index in [1.54, 1.807) is 69.3 Å². The number of ether oxygens (including phenoxy) is 7. The number of anilines is 2. The van der Waals surface area contributed by atoms with Gasteiger partial charge in [-0.1, -0.05) is 72.4 Å². The van der Waals surface area contributed by atoms with Crippen LogP contribution in [0.2, 0.25) is 0 Å². The molecule has 8 N–H and O–H groups in total. The highest BCUT2D eigenvalue weighted by Gasteiger charge is 2.67. The maximum absolute atomic E-state index is 13.1. The molecule has 6 aliphatic carbocycles. The molecule has 15 atom stereocenters. The predicted octanol–water partition coefficient (Wildman–Crippen LogP) is 10.7. The number of hydrogen-bond donors (Lipinski definition) is 8. The van der Waals surface area contributed by atoms with Crippen LogP contribution < -0.4 is 34.3 Å². The zero-order valence-corrected chi connectivity index (χ0v) is 63.4. The second-order valence-corrected chi connectivity index (χ2v) is 32.6. The quantitative estimate of drug-likeness (QED) is 0.0339. The summed E-state index contributed by atoms with van der Waals surface area (Å²) in [5.74, 6) is 0.524. The summed E-state index contributed by atoms with van der Waals surface area (Å²) in [6, 6.07) is 32.2. The van der Waals surface area contributed by atoms with Crippen molar-refractivity contribution in [2.45, 2.75) is 175 Å². The number of benzene rings is 6. The summed E-state index contributed by atoms with van der Waals surface area (Å²) >= 11 is 0. The number of piperidine rings is 3. The van der Waals surface area contributed by atoms with E-state index in [4.69, 9.17) is 43.4 Å². The minimum atomic E-state index is -1.01. The van der Waals surface area contributed by atoms with Crippen LogP contribution in [0, 0.1) is 24.7 Å². The van der Waals surface area contributed by atoms with Crippen molar-refractivity contribution >= 4 is 47.3 Å². The number of carboxylic acids is 2. The number of likely N-dealkylation sites (N-methyl/N-ethyl adjacent to an activating group) is 3. The van der Waals surface area contributed by atoms with Crippen molar-refractivity contribution in [2.24, 2.45) is 17.8 Å². The number of aromatic carboxylic acids is 1. The number of nitrogens with one attached hydrogen (secondary N) is 2. The number of aromatic hydroxyl groups is 1. The lowest BCUT2D eigenvalue weighted by Crippen LogP contribution is -2.64. The third-order valence-electron chi connectivity index (χ3n) is 24.9. The van der Waals surface area contributed by atoms with Gasteiger partial charge in [-0.25, -0.2) is 19.2 Å². The SMILES string of the molecule is C1CCOC1.CC(C)(C)OC(=O)Nc1ccc(C(=O)O)cc1.CN1CC[C@]23c4c5ccc(O)c4O[C@H]2[C@@H](O)C=C[C@H]3[C@H]1C5.CN1CC[C@]23c4c5ccc(OC(=O)c6ccc(NC(=O)CCCC(=O)O)cc6)c4O[C@H]2[C@@H](O)C=C[C@H]3[C@H]1C5.Cc1ccc(C(=O)Oc2ccc3c4c2O[C@H]2[C@@H](O)C=C[C@H]5[C@@H](C3)N(C)CC[C@@]452)cc1. The highest BCUT2D eigenvalue weighted by molar-refractivity contribution is 5.95. The molecular weight excluding hydrogens is 1420 g/mol. The lowest BCUT2D eigenvalue weighted by molar-refractivity contribution is -0.137. The molecule has 6 aromatic rings. The van der Waals surface area contributed by atoms with Crippen LogP contribution in [0.4, 0.5) is 16.2 Å². The monoisotopic (exact) mass is 1520 g/mol. The van der Waals surface area contributed by atoms with Crippen LogP contribution in [0.15, 0.2) is 146 Å². The highest BCUT2D eigenvalue weighted by atomic mass is 16.6.